The molecule has 1 aliphatic rings. The van der Waals surface area contributed by atoms with E-state index < -0.39 is 17.5 Å². The maximum absolute atomic E-state index is 11.7. The first-order chi connectivity index (χ1) is 12.6. The summed E-state index contributed by atoms with van der Waals surface area (Å²) in [5.74, 6) is 0.278. The lowest BCUT2D eigenvalue weighted by atomic mass is 9.88. The lowest BCUT2D eigenvalue weighted by molar-refractivity contribution is 0.0556. The van der Waals surface area contributed by atoms with Crippen molar-refractivity contribution in [2.45, 2.75) is 71.0 Å². The van der Waals surface area contributed by atoms with Crippen LogP contribution < -0.4 is 15.8 Å². The molecule has 0 aliphatic heterocycles. The number of pyridine rings is 1. The molecule has 0 radical (unpaired) electrons. The number of hydrogen-bond donors (Lipinski definition) is 3. The van der Waals surface area contributed by atoms with Gasteiger partial charge < -0.3 is 25.8 Å². The van der Waals surface area contributed by atoms with Crippen LogP contribution in [0.2, 0.25) is 0 Å². The van der Waals surface area contributed by atoms with Crippen molar-refractivity contribution in [3.8, 4) is 5.88 Å². The van der Waals surface area contributed by atoms with Gasteiger partial charge in [0.1, 0.15) is 11.4 Å². The highest BCUT2D eigenvalue weighted by Crippen LogP contribution is 2.30. The molecule has 0 spiro atoms. The van der Waals surface area contributed by atoms with Crippen LogP contribution in [0.15, 0.2) is 12.1 Å². The Kier molecular flexibility index (Phi) is 6.51. The van der Waals surface area contributed by atoms with Gasteiger partial charge in [-0.3, -0.25) is 4.79 Å². The van der Waals surface area contributed by atoms with E-state index in [-0.39, 0.29) is 23.5 Å². The standard InChI is InChI=1S/C19H30N4O4/c1-5-27-17-14(16(20)24)10-11-15(22-17)21-12-6-8-13(9-7-12)23(18(25)26)19(2,3)4/h10-13H,5-9H2,1-4H3,(H2,20,24)(H,21,22)(H,25,26). The third-order valence-corrected chi connectivity index (χ3v) is 4.75. The molecular formula is C19H30N4O4. The van der Waals surface area contributed by atoms with Gasteiger partial charge in [0.25, 0.3) is 5.91 Å². The van der Waals surface area contributed by atoms with Gasteiger partial charge >= 0.3 is 6.09 Å². The minimum Gasteiger partial charge on any atom is -0.477 e. The highest BCUT2D eigenvalue weighted by molar-refractivity contribution is 5.95. The van der Waals surface area contributed by atoms with Gasteiger partial charge in [0, 0.05) is 17.6 Å². The number of aromatic nitrogens is 1. The second kappa shape index (κ2) is 8.45. The first kappa shape index (κ1) is 20.8. The summed E-state index contributed by atoms with van der Waals surface area (Å²) in [4.78, 5) is 29.0. The zero-order valence-electron chi connectivity index (χ0n) is 16.5. The largest absolute Gasteiger partial charge is 0.477 e. The lowest BCUT2D eigenvalue weighted by Gasteiger charge is -2.42. The molecule has 27 heavy (non-hydrogen) atoms. The molecule has 1 aromatic heterocycles. The quantitative estimate of drug-likeness (QED) is 0.700. The maximum Gasteiger partial charge on any atom is 0.407 e. The number of ether oxygens (including phenoxy) is 1. The fraction of sp³-hybridized carbons (Fsp3) is 0.632. The third-order valence-electron chi connectivity index (χ3n) is 4.75. The van der Waals surface area contributed by atoms with Gasteiger partial charge in [0.15, 0.2) is 0 Å². The predicted octanol–water partition coefficient (Wildman–Crippen LogP) is 3.08. The first-order valence-electron chi connectivity index (χ1n) is 9.36. The highest BCUT2D eigenvalue weighted by Gasteiger charge is 2.35. The fourth-order valence-electron chi connectivity index (χ4n) is 3.63. The van der Waals surface area contributed by atoms with Crippen LogP contribution in [0.4, 0.5) is 10.6 Å². The number of rotatable bonds is 6. The number of carbonyl (C=O) groups excluding carboxylic acids is 1. The predicted molar refractivity (Wildman–Crippen MR) is 103 cm³/mol. The molecule has 1 saturated carbocycles. The van der Waals surface area contributed by atoms with E-state index in [1.807, 2.05) is 27.7 Å². The molecule has 0 unspecified atom stereocenters. The monoisotopic (exact) mass is 378 g/mol. The lowest BCUT2D eigenvalue weighted by Crippen LogP contribution is -2.52. The SMILES string of the molecule is CCOc1nc(NC2CCC(N(C(=O)O)C(C)(C)C)CC2)ccc1C(N)=O. The molecule has 150 valence electrons. The number of primary amides is 1. The van der Waals surface area contributed by atoms with Gasteiger partial charge in [-0.1, -0.05) is 0 Å². The fourth-order valence-corrected chi connectivity index (χ4v) is 3.63. The molecule has 0 aromatic carbocycles. The Bertz CT molecular complexity index is 679. The first-order valence-corrected chi connectivity index (χ1v) is 9.36. The number of carbonyl (C=O) groups is 2. The highest BCUT2D eigenvalue weighted by atomic mass is 16.5. The molecule has 1 heterocycles. The summed E-state index contributed by atoms with van der Waals surface area (Å²) in [5.41, 5.74) is 5.19. The number of carboxylic acid groups (broad SMARTS) is 1. The average molecular weight is 378 g/mol. The Labute approximate surface area is 160 Å². The molecule has 8 heteroatoms. The average Bonchev–Trinajstić information content (AvgIpc) is 2.55. The zero-order chi connectivity index (χ0) is 20.2. The van der Waals surface area contributed by atoms with E-state index in [0.29, 0.717) is 12.4 Å². The van der Waals surface area contributed by atoms with Crippen LogP contribution in [-0.2, 0) is 0 Å². The molecule has 1 fully saturated rings. The molecule has 0 bridgehead atoms. The molecule has 1 aliphatic carbocycles. The summed E-state index contributed by atoms with van der Waals surface area (Å²) in [5, 5.41) is 12.9. The normalized spacial score (nSPS) is 20.0. The number of nitrogens with one attached hydrogen (secondary N) is 1. The van der Waals surface area contributed by atoms with Gasteiger partial charge in [0.05, 0.1) is 6.61 Å². The number of hydrogen-bond acceptors (Lipinski definition) is 5. The molecule has 0 saturated heterocycles. The van der Waals surface area contributed by atoms with Crippen molar-refractivity contribution in [2.75, 3.05) is 11.9 Å². The molecule has 1 aromatic rings. The van der Waals surface area contributed by atoms with Gasteiger partial charge in [0.2, 0.25) is 5.88 Å². The molecule has 2 rings (SSSR count). The number of nitrogens with two attached hydrogens (primary N) is 1. The van der Waals surface area contributed by atoms with Gasteiger partial charge in [-0.25, -0.2) is 4.79 Å². The van der Waals surface area contributed by atoms with Crippen molar-refractivity contribution in [2.24, 2.45) is 5.73 Å². The van der Waals surface area contributed by atoms with Gasteiger partial charge in [-0.2, -0.15) is 4.98 Å². The minimum atomic E-state index is -0.871. The molecule has 4 N–H and O–H groups in total. The summed E-state index contributed by atoms with van der Waals surface area (Å²) in [6.07, 6.45) is 2.39. The van der Waals surface area contributed by atoms with E-state index in [0.717, 1.165) is 25.7 Å². The van der Waals surface area contributed by atoms with Crippen LogP contribution in [0.25, 0.3) is 0 Å². The second-order valence-electron chi connectivity index (χ2n) is 7.82. The van der Waals surface area contributed by atoms with E-state index in [9.17, 15) is 14.7 Å². The van der Waals surface area contributed by atoms with Crippen molar-refractivity contribution < 1.29 is 19.4 Å². The topological polar surface area (TPSA) is 118 Å². The van der Waals surface area contributed by atoms with E-state index in [1.54, 1.807) is 17.0 Å². The molecular weight excluding hydrogens is 348 g/mol. The van der Waals surface area contributed by atoms with Crippen LogP contribution in [0.1, 0.15) is 63.7 Å². The summed E-state index contributed by atoms with van der Waals surface area (Å²) in [7, 11) is 0. The van der Waals surface area contributed by atoms with Crippen LogP contribution in [-0.4, -0.2) is 51.2 Å². The van der Waals surface area contributed by atoms with Crippen LogP contribution in [0.3, 0.4) is 0 Å². The van der Waals surface area contributed by atoms with E-state index in [4.69, 9.17) is 10.5 Å². The molecule has 8 nitrogen and oxygen atoms in total. The summed E-state index contributed by atoms with van der Waals surface area (Å²) < 4.78 is 5.42. The Morgan fingerprint density at radius 1 is 1.30 bits per heavy atom. The Morgan fingerprint density at radius 2 is 1.93 bits per heavy atom. The van der Waals surface area contributed by atoms with E-state index in [1.165, 1.54) is 0 Å². The van der Waals surface area contributed by atoms with Crippen molar-refractivity contribution in [3.05, 3.63) is 17.7 Å². The third kappa shape index (κ3) is 5.24. The smallest absolute Gasteiger partial charge is 0.407 e. The van der Waals surface area contributed by atoms with Crippen LogP contribution >= 0.6 is 0 Å². The molecule has 0 atom stereocenters. The van der Waals surface area contributed by atoms with E-state index in [2.05, 4.69) is 10.3 Å². The van der Waals surface area contributed by atoms with Crippen LogP contribution in [0, 0.1) is 0 Å². The number of amides is 2. The molecule has 2 amide bonds. The second-order valence-corrected chi connectivity index (χ2v) is 7.82. The Morgan fingerprint density at radius 3 is 2.41 bits per heavy atom. The Hall–Kier alpha value is -2.51. The summed E-state index contributed by atoms with van der Waals surface area (Å²) in [6, 6.07) is 3.54. The van der Waals surface area contributed by atoms with Gasteiger partial charge in [-0.05, 0) is 65.5 Å². The summed E-state index contributed by atoms with van der Waals surface area (Å²) >= 11 is 0. The van der Waals surface area contributed by atoms with Crippen molar-refractivity contribution in [3.63, 3.8) is 0 Å². The van der Waals surface area contributed by atoms with Crippen molar-refractivity contribution in [1.29, 1.82) is 0 Å². The van der Waals surface area contributed by atoms with Crippen molar-refractivity contribution >= 4 is 17.8 Å². The van der Waals surface area contributed by atoms with Gasteiger partial charge in [-0.15, -0.1) is 0 Å². The Balaban J connectivity index is 2.02. The van der Waals surface area contributed by atoms with Crippen molar-refractivity contribution in [1.82, 2.24) is 9.88 Å². The number of nitrogens with zero attached hydrogens (tertiary/aromatic N) is 2. The van der Waals surface area contributed by atoms with E-state index >= 15 is 0 Å². The number of anilines is 1. The zero-order valence-corrected chi connectivity index (χ0v) is 16.5. The van der Waals surface area contributed by atoms with Crippen LogP contribution in [0.5, 0.6) is 5.88 Å². The maximum atomic E-state index is 11.7. The summed E-state index contributed by atoms with van der Waals surface area (Å²) in [6.45, 7) is 7.97. The minimum absolute atomic E-state index is 0.0183.